The van der Waals surface area contributed by atoms with Gasteiger partial charge in [0.2, 0.25) is 0 Å². The fraction of sp³-hybridized carbons (Fsp3) is 0.417. The third-order valence-corrected chi connectivity index (χ3v) is 2.63. The van der Waals surface area contributed by atoms with E-state index >= 15 is 0 Å². The van der Waals surface area contributed by atoms with Gasteiger partial charge in [-0.15, -0.1) is 0 Å². The SMILES string of the molecule is N#CCCOc1ccc(C(O)C(O)CS)cc1. The average Bonchev–Trinajstić information content (AvgIpc) is 2.38. The zero-order valence-corrected chi connectivity index (χ0v) is 10.2. The number of aliphatic hydroxyl groups is 2. The molecule has 2 atom stereocenters. The van der Waals surface area contributed by atoms with Crippen molar-refractivity contribution < 1.29 is 14.9 Å². The number of rotatable bonds is 6. The van der Waals surface area contributed by atoms with Crippen LogP contribution in [0.4, 0.5) is 0 Å². The third kappa shape index (κ3) is 4.27. The Balaban J connectivity index is 2.58. The van der Waals surface area contributed by atoms with Crippen molar-refractivity contribution in [3.8, 4) is 11.8 Å². The summed E-state index contributed by atoms with van der Waals surface area (Å²) in [4.78, 5) is 0. The predicted octanol–water partition coefficient (Wildman–Crippen LogP) is 1.30. The van der Waals surface area contributed by atoms with E-state index in [1.54, 1.807) is 24.3 Å². The van der Waals surface area contributed by atoms with Crippen molar-refractivity contribution in [3.05, 3.63) is 29.8 Å². The van der Waals surface area contributed by atoms with Crippen LogP contribution in [0.15, 0.2) is 24.3 Å². The largest absolute Gasteiger partial charge is 0.493 e. The number of thiol groups is 1. The standard InChI is InChI=1S/C12H15NO3S/c13-6-1-7-16-10-4-2-9(3-5-10)12(15)11(14)8-17/h2-5,11-12,14-15,17H,1,7-8H2. The van der Waals surface area contributed by atoms with E-state index in [0.717, 1.165) is 0 Å². The molecule has 1 rings (SSSR count). The molecule has 0 amide bonds. The van der Waals surface area contributed by atoms with E-state index < -0.39 is 12.2 Å². The average molecular weight is 253 g/mol. The molecule has 0 radical (unpaired) electrons. The van der Waals surface area contributed by atoms with Crippen molar-refractivity contribution in [1.82, 2.24) is 0 Å². The predicted molar refractivity (Wildman–Crippen MR) is 67.0 cm³/mol. The Morgan fingerprint density at radius 1 is 1.29 bits per heavy atom. The Hall–Kier alpha value is -1.22. The molecule has 2 unspecified atom stereocenters. The van der Waals surface area contributed by atoms with E-state index in [1.165, 1.54) is 0 Å². The van der Waals surface area contributed by atoms with Crippen LogP contribution in [0, 0.1) is 11.3 Å². The minimum absolute atomic E-state index is 0.196. The zero-order valence-electron chi connectivity index (χ0n) is 9.28. The van der Waals surface area contributed by atoms with Gasteiger partial charge in [-0.2, -0.15) is 17.9 Å². The molecular formula is C12H15NO3S. The van der Waals surface area contributed by atoms with Crippen LogP contribution in [0.2, 0.25) is 0 Å². The van der Waals surface area contributed by atoms with Crippen LogP contribution in [0.25, 0.3) is 0 Å². The van der Waals surface area contributed by atoms with Gasteiger partial charge in [0, 0.05) is 5.75 Å². The first kappa shape index (κ1) is 13.8. The summed E-state index contributed by atoms with van der Waals surface area (Å²) < 4.78 is 5.29. The topological polar surface area (TPSA) is 73.5 Å². The van der Waals surface area contributed by atoms with Crippen LogP contribution in [0.3, 0.4) is 0 Å². The van der Waals surface area contributed by atoms with Gasteiger partial charge in [0.05, 0.1) is 18.6 Å². The van der Waals surface area contributed by atoms with Crippen molar-refractivity contribution >= 4 is 12.6 Å². The number of nitriles is 1. The lowest BCUT2D eigenvalue weighted by molar-refractivity contribution is 0.0337. The monoisotopic (exact) mass is 253 g/mol. The van der Waals surface area contributed by atoms with Crippen molar-refractivity contribution in [1.29, 1.82) is 5.26 Å². The van der Waals surface area contributed by atoms with Crippen molar-refractivity contribution in [2.45, 2.75) is 18.6 Å². The summed E-state index contributed by atoms with van der Waals surface area (Å²) in [5.74, 6) is 0.832. The van der Waals surface area contributed by atoms with Crippen molar-refractivity contribution in [2.24, 2.45) is 0 Å². The zero-order chi connectivity index (χ0) is 12.7. The molecule has 0 aliphatic rings. The summed E-state index contributed by atoms with van der Waals surface area (Å²) >= 11 is 3.92. The molecule has 0 aromatic heterocycles. The molecule has 0 spiro atoms. The fourth-order valence-electron chi connectivity index (χ4n) is 1.30. The van der Waals surface area contributed by atoms with Crippen LogP contribution in [0.1, 0.15) is 18.1 Å². The second kappa shape index (κ2) is 7.17. The molecule has 0 fully saturated rings. The van der Waals surface area contributed by atoms with Gasteiger partial charge in [-0.25, -0.2) is 0 Å². The van der Waals surface area contributed by atoms with Crippen LogP contribution in [-0.4, -0.2) is 28.7 Å². The first-order valence-electron chi connectivity index (χ1n) is 5.25. The van der Waals surface area contributed by atoms with E-state index in [4.69, 9.17) is 10.00 Å². The molecule has 5 heteroatoms. The molecule has 2 N–H and O–H groups in total. The lowest BCUT2D eigenvalue weighted by Crippen LogP contribution is -2.19. The summed E-state index contributed by atoms with van der Waals surface area (Å²) in [6.07, 6.45) is -1.49. The Morgan fingerprint density at radius 3 is 2.47 bits per heavy atom. The minimum Gasteiger partial charge on any atom is -0.493 e. The molecule has 1 aromatic carbocycles. The van der Waals surface area contributed by atoms with Crippen LogP contribution >= 0.6 is 12.6 Å². The van der Waals surface area contributed by atoms with Crippen LogP contribution < -0.4 is 4.74 Å². The van der Waals surface area contributed by atoms with Gasteiger partial charge in [-0.1, -0.05) is 12.1 Å². The molecule has 0 saturated heterocycles. The summed E-state index contributed by atoms with van der Waals surface area (Å²) in [5, 5.41) is 27.5. The minimum atomic E-state index is -0.944. The molecule has 0 aliphatic heterocycles. The lowest BCUT2D eigenvalue weighted by atomic mass is 10.1. The Kier molecular flexibility index (Phi) is 5.84. The maximum Gasteiger partial charge on any atom is 0.119 e. The van der Waals surface area contributed by atoms with Gasteiger partial charge in [-0.05, 0) is 17.7 Å². The molecule has 4 nitrogen and oxygen atoms in total. The molecular weight excluding hydrogens is 238 g/mol. The van der Waals surface area contributed by atoms with Gasteiger partial charge in [-0.3, -0.25) is 0 Å². The molecule has 0 saturated carbocycles. The highest BCUT2D eigenvalue weighted by atomic mass is 32.1. The highest BCUT2D eigenvalue weighted by Gasteiger charge is 2.16. The molecule has 17 heavy (non-hydrogen) atoms. The molecule has 0 heterocycles. The Morgan fingerprint density at radius 2 is 1.94 bits per heavy atom. The molecule has 0 aliphatic carbocycles. The highest BCUT2D eigenvalue weighted by molar-refractivity contribution is 7.80. The molecule has 92 valence electrons. The van der Waals surface area contributed by atoms with Gasteiger partial charge in [0.25, 0.3) is 0 Å². The van der Waals surface area contributed by atoms with Crippen molar-refractivity contribution in [3.63, 3.8) is 0 Å². The molecule has 0 bridgehead atoms. The summed E-state index contributed by atoms with van der Waals surface area (Å²) in [5.41, 5.74) is 0.610. The maximum absolute atomic E-state index is 9.71. The summed E-state index contributed by atoms with van der Waals surface area (Å²) in [6.45, 7) is 0.345. The fourth-order valence-corrected chi connectivity index (χ4v) is 1.50. The van der Waals surface area contributed by atoms with Gasteiger partial charge >= 0.3 is 0 Å². The normalized spacial score (nSPS) is 13.8. The first-order chi connectivity index (χ1) is 8.19. The highest BCUT2D eigenvalue weighted by Crippen LogP contribution is 2.21. The second-order valence-corrected chi connectivity index (χ2v) is 3.89. The quantitative estimate of drug-likeness (QED) is 0.528. The molecule has 1 aromatic rings. The number of benzene rings is 1. The first-order valence-corrected chi connectivity index (χ1v) is 5.89. The number of aliphatic hydroxyl groups excluding tert-OH is 2. The van der Waals surface area contributed by atoms with Gasteiger partial charge in [0.15, 0.2) is 0 Å². The smallest absolute Gasteiger partial charge is 0.119 e. The van der Waals surface area contributed by atoms with E-state index in [1.807, 2.05) is 6.07 Å². The lowest BCUT2D eigenvalue weighted by Gasteiger charge is -2.16. The number of hydrogen-bond acceptors (Lipinski definition) is 5. The Labute approximate surface area is 106 Å². The maximum atomic E-state index is 9.71. The van der Waals surface area contributed by atoms with Crippen LogP contribution in [0.5, 0.6) is 5.75 Å². The third-order valence-electron chi connectivity index (χ3n) is 2.26. The van der Waals surface area contributed by atoms with Crippen molar-refractivity contribution in [2.75, 3.05) is 12.4 Å². The van der Waals surface area contributed by atoms with Gasteiger partial charge < -0.3 is 14.9 Å². The van der Waals surface area contributed by atoms with Gasteiger partial charge in [0.1, 0.15) is 18.5 Å². The van der Waals surface area contributed by atoms with E-state index in [2.05, 4.69) is 12.6 Å². The number of hydrogen-bond donors (Lipinski definition) is 3. The summed E-state index contributed by atoms with van der Waals surface area (Å²) in [6, 6.07) is 8.73. The van der Waals surface area contributed by atoms with E-state index in [-0.39, 0.29) is 5.75 Å². The number of nitrogens with zero attached hydrogens (tertiary/aromatic N) is 1. The number of ether oxygens (including phenoxy) is 1. The summed E-state index contributed by atoms with van der Waals surface area (Å²) in [7, 11) is 0. The van der Waals surface area contributed by atoms with E-state index in [9.17, 15) is 10.2 Å². The second-order valence-electron chi connectivity index (χ2n) is 3.52. The van der Waals surface area contributed by atoms with Crippen LogP contribution in [-0.2, 0) is 0 Å². The van der Waals surface area contributed by atoms with E-state index in [0.29, 0.717) is 24.3 Å². The Bertz CT molecular complexity index is 374.